The van der Waals surface area contributed by atoms with Crippen LogP contribution in [0, 0.1) is 0 Å². The van der Waals surface area contributed by atoms with Gasteiger partial charge in [0.2, 0.25) is 5.91 Å². The van der Waals surface area contributed by atoms with Crippen molar-refractivity contribution >= 4 is 40.3 Å². The van der Waals surface area contributed by atoms with Crippen LogP contribution in [0.2, 0.25) is 5.02 Å². The highest BCUT2D eigenvalue weighted by Gasteiger charge is 2.25. The van der Waals surface area contributed by atoms with E-state index in [-0.39, 0.29) is 11.2 Å². The SMILES string of the molecule is COCCn1c(SC(C)C(=O)N2CCOCC2)nc2cc(Cl)ccc21. The Balaban J connectivity index is 1.82. The number of rotatable bonds is 6. The van der Waals surface area contributed by atoms with Crippen LogP contribution >= 0.6 is 23.4 Å². The number of aromatic nitrogens is 2. The molecule has 1 amide bonds. The molecule has 1 aliphatic rings. The van der Waals surface area contributed by atoms with Crippen LogP contribution in [-0.2, 0) is 20.8 Å². The molecular weight excluding hydrogens is 362 g/mol. The summed E-state index contributed by atoms with van der Waals surface area (Å²) in [6.45, 7) is 5.69. The smallest absolute Gasteiger partial charge is 0.236 e. The molecule has 1 fully saturated rings. The third kappa shape index (κ3) is 4.28. The van der Waals surface area contributed by atoms with E-state index < -0.39 is 0 Å². The van der Waals surface area contributed by atoms with E-state index in [0.717, 1.165) is 16.2 Å². The second-order valence-electron chi connectivity index (χ2n) is 5.87. The van der Waals surface area contributed by atoms with Gasteiger partial charge in [-0.05, 0) is 25.1 Å². The second kappa shape index (κ2) is 8.40. The van der Waals surface area contributed by atoms with Crippen molar-refractivity contribution in [3.63, 3.8) is 0 Å². The van der Waals surface area contributed by atoms with Crippen molar-refractivity contribution in [1.29, 1.82) is 0 Å². The molecule has 2 heterocycles. The van der Waals surface area contributed by atoms with Gasteiger partial charge in [-0.15, -0.1) is 0 Å². The number of morpholine rings is 1. The van der Waals surface area contributed by atoms with Crippen molar-refractivity contribution in [2.24, 2.45) is 0 Å². The van der Waals surface area contributed by atoms with Gasteiger partial charge in [0.1, 0.15) is 0 Å². The number of thioether (sulfide) groups is 1. The number of hydrogen-bond donors (Lipinski definition) is 0. The Kier molecular flexibility index (Phi) is 6.22. The molecule has 0 aliphatic carbocycles. The van der Waals surface area contributed by atoms with Gasteiger partial charge in [0.25, 0.3) is 0 Å². The first-order chi connectivity index (χ1) is 12.1. The van der Waals surface area contributed by atoms with Gasteiger partial charge < -0.3 is 18.9 Å². The second-order valence-corrected chi connectivity index (χ2v) is 7.61. The predicted molar refractivity (Wildman–Crippen MR) is 99.3 cm³/mol. The highest BCUT2D eigenvalue weighted by Crippen LogP contribution is 2.29. The summed E-state index contributed by atoms with van der Waals surface area (Å²) in [6, 6.07) is 5.66. The van der Waals surface area contributed by atoms with Crippen LogP contribution in [0.4, 0.5) is 0 Å². The molecule has 0 bridgehead atoms. The van der Waals surface area contributed by atoms with E-state index in [1.54, 1.807) is 7.11 Å². The molecule has 1 atom stereocenters. The molecule has 1 unspecified atom stereocenters. The Morgan fingerprint density at radius 2 is 2.20 bits per heavy atom. The lowest BCUT2D eigenvalue weighted by Gasteiger charge is -2.29. The van der Waals surface area contributed by atoms with Crippen LogP contribution in [0.1, 0.15) is 6.92 Å². The number of benzene rings is 1. The third-order valence-electron chi connectivity index (χ3n) is 4.15. The van der Waals surface area contributed by atoms with Crippen molar-refractivity contribution in [1.82, 2.24) is 14.5 Å². The van der Waals surface area contributed by atoms with E-state index in [1.807, 2.05) is 30.0 Å². The van der Waals surface area contributed by atoms with E-state index in [0.29, 0.717) is 44.5 Å². The molecule has 136 valence electrons. The number of nitrogens with zero attached hydrogens (tertiary/aromatic N) is 3. The third-order valence-corrected chi connectivity index (χ3v) is 5.46. The fourth-order valence-electron chi connectivity index (χ4n) is 2.82. The highest BCUT2D eigenvalue weighted by atomic mass is 35.5. The summed E-state index contributed by atoms with van der Waals surface area (Å²) < 4.78 is 12.6. The highest BCUT2D eigenvalue weighted by molar-refractivity contribution is 8.00. The maximum absolute atomic E-state index is 12.7. The minimum absolute atomic E-state index is 0.122. The quantitative estimate of drug-likeness (QED) is 0.718. The average Bonchev–Trinajstić information content (AvgIpc) is 2.95. The van der Waals surface area contributed by atoms with Crippen LogP contribution in [0.3, 0.4) is 0 Å². The van der Waals surface area contributed by atoms with Gasteiger partial charge in [-0.25, -0.2) is 4.98 Å². The first-order valence-electron chi connectivity index (χ1n) is 8.28. The van der Waals surface area contributed by atoms with Gasteiger partial charge in [0.05, 0.1) is 36.1 Å². The van der Waals surface area contributed by atoms with E-state index in [1.165, 1.54) is 11.8 Å². The van der Waals surface area contributed by atoms with E-state index in [9.17, 15) is 4.79 Å². The van der Waals surface area contributed by atoms with Crippen molar-refractivity contribution in [3.05, 3.63) is 23.2 Å². The van der Waals surface area contributed by atoms with Crippen LogP contribution in [0.25, 0.3) is 11.0 Å². The predicted octanol–water partition coefficient (Wildman–Crippen LogP) is 2.68. The first kappa shape index (κ1) is 18.5. The summed E-state index contributed by atoms with van der Waals surface area (Å²) in [6.07, 6.45) is 0. The number of methoxy groups -OCH3 is 1. The molecule has 1 aromatic carbocycles. The Morgan fingerprint density at radius 3 is 2.92 bits per heavy atom. The average molecular weight is 384 g/mol. The molecule has 0 saturated carbocycles. The van der Waals surface area contributed by atoms with Crippen molar-refractivity contribution < 1.29 is 14.3 Å². The summed E-state index contributed by atoms with van der Waals surface area (Å²) in [5.74, 6) is 0.122. The molecule has 1 aliphatic heterocycles. The van der Waals surface area contributed by atoms with E-state index in [4.69, 9.17) is 21.1 Å². The normalized spacial score (nSPS) is 16.4. The lowest BCUT2D eigenvalue weighted by atomic mass is 10.3. The number of imidazole rings is 1. The summed E-state index contributed by atoms with van der Waals surface area (Å²) in [5, 5.41) is 1.24. The molecule has 2 aromatic rings. The molecule has 8 heteroatoms. The number of carbonyl (C=O) groups excluding carboxylic acids is 1. The first-order valence-corrected chi connectivity index (χ1v) is 9.54. The Bertz CT molecular complexity index is 746. The zero-order valence-electron chi connectivity index (χ0n) is 14.4. The lowest BCUT2D eigenvalue weighted by Crippen LogP contribution is -2.44. The zero-order valence-corrected chi connectivity index (χ0v) is 16.0. The molecule has 1 aromatic heterocycles. The monoisotopic (exact) mass is 383 g/mol. The standard InChI is InChI=1S/C17H22ClN3O3S/c1-12(16(22)20-5-9-24-10-6-20)25-17-19-14-11-13(18)3-4-15(14)21(17)7-8-23-2/h3-4,11-12H,5-10H2,1-2H3. The molecule has 0 spiro atoms. The fraction of sp³-hybridized carbons (Fsp3) is 0.529. The van der Waals surface area contributed by atoms with Gasteiger partial charge in [-0.1, -0.05) is 23.4 Å². The maximum atomic E-state index is 12.7. The lowest BCUT2D eigenvalue weighted by molar-refractivity contribution is -0.134. The summed E-state index contributed by atoms with van der Waals surface area (Å²) in [7, 11) is 1.67. The maximum Gasteiger partial charge on any atom is 0.236 e. The summed E-state index contributed by atoms with van der Waals surface area (Å²) in [5.41, 5.74) is 1.83. The van der Waals surface area contributed by atoms with Gasteiger partial charge in [0, 0.05) is 31.8 Å². The summed E-state index contributed by atoms with van der Waals surface area (Å²) >= 11 is 7.56. The number of ether oxygens (including phenoxy) is 2. The van der Waals surface area contributed by atoms with Crippen molar-refractivity contribution in [2.75, 3.05) is 40.0 Å². The number of fused-ring (bicyclic) bond motifs is 1. The molecule has 0 radical (unpaired) electrons. The molecule has 1 saturated heterocycles. The van der Waals surface area contributed by atoms with E-state index >= 15 is 0 Å². The Hall–Kier alpha value is -1.28. The Morgan fingerprint density at radius 1 is 1.44 bits per heavy atom. The van der Waals surface area contributed by atoms with Gasteiger partial charge in [0.15, 0.2) is 5.16 Å². The van der Waals surface area contributed by atoms with Gasteiger partial charge in [-0.2, -0.15) is 0 Å². The van der Waals surface area contributed by atoms with Gasteiger partial charge in [-0.3, -0.25) is 4.79 Å². The zero-order chi connectivity index (χ0) is 17.8. The van der Waals surface area contributed by atoms with Crippen LogP contribution in [0.5, 0.6) is 0 Å². The summed E-state index contributed by atoms with van der Waals surface area (Å²) in [4.78, 5) is 19.2. The molecule has 0 N–H and O–H groups in total. The minimum atomic E-state index is -0.216. The molecule has 3 rings (SSSR count). The number of amides is 1. The largest absolute Gasteiger partial charge is 0.383 e. The van der Waals surface area contributed by atoms with Crippen LogP contribution in [0.15, 0.2) is 23.4 Å². The topological polar surface area (TPSA) is 56.6 Å². The van der Waals surface area contributed by atoms with Gasteiger partial charge >= 0.3 is 0 Å². The number of hydrogen-bond acceptors (Lipinski definition) is 5. The van der Waals surface area contributed by atoms with Crippen LogP contribution in [-0.4, -0.2) is 65.6 Å². The Labute approximate surface area is 156 Å². The van der Waals surface area contributed by atoms with Crippen molar-refractivity contribution in [2.45, 2.75) is 23.9 Å². The molecular formula is C17H22ClN3O3S. The van der Waals surface area contributed by atoms with E-state index in [2.05, 4.69) is 9.55 Å². The van der Waals surface area contributed by atoms with Crippen LogP contribution < -0.4 is 0 Å². The number of carbonyl (C=O) groups is 1. The molecule has 6 nitrogen and oxygen atoms in total. The fourth-order valence-corrected chi connectivity index (χ4v) is 4.02. The van der Waals surface area contributed by atoms with Crippen molar-refractivity contribution in [3.8, 4) is 0 Å². The number of halogens is 1. The minimum Gasteiger partial charge on any atom is -0.383 e. The molecule has 25 heavy (non-hydrogen) atoms.